The predicted molar refractivity (Wildman–Crippen MR) is 146 cm³/mol. The summed E-state index contributed by atoms with van der Waals surface area (Å²) in [7, 11) is 0. The maximum absolute atomic E-state index is 11.0. The average Bonchev–Trinajstić information content (AvgIpc) is 3.28. The lowest BCUT2D eigenvalue weighted by Gasteiger charge is -2.37. The molecule has 34 heavy (non-hydrogen) atoms. The summed E-state index contributed by atoms with van der Waals surface area (Å²) in [4.78, 5) is 2.72. The van der Waals surface area contributed by atoms with Gasteiger partial charge in [-0.15, -0.1) is 34.8 Å². The van der Waals surface area contributed by atoms with Gasteiger partial charge in [-0.3, -0.25) is 5.32 Å². The normalized spacial score (nSPS) is 38.1. The number of alkyl halides is 3. The van der Waals surface area contributed by atoms with Crippen LogP contribution in [0.5, 0.6) is 0 Å². The Kier molecular flexibility index (Phi) is 11.5. The Morgan fingerprint density at radius 3 is 2.32 bits per heavy atom. The van der Waals surface area contributed by atoms with Gasteiger partial charge in [-0.05, 0) is 107 Å². The predicted octanol–water partition coefficient (Wildman–Crippen LogP) is 7.15. The largest absolute Gasteiger partial charge is 0.379 e. The van der Waals surface area contributed by atoms with E-state index in [1.807, 2.05) is 0 Å². The lowest BCUT2D eigenvalue weighted by Crippen LogP contribution is -2.43. The highest BCUT2D eigenvalue weighted by molar-refractivity contribution is 6.30. The van der Waals surface area contributed by atoms with Gasteiger partial charge in [-0.2, -0.15) is 0 Å². The number of halogens is 3. The third-order valence-electron chi connectivity index (χ3n) is 9.59. The fraction of sp³-hybridized carbons (Fsp3) is 1.00. The number of nitrogens with zero attached hydrogens (tertiary/aromatic N) is 1. The third kappa shape index (κ3) is 8.66. The van der Waals surface area contributed by atoms with Crippen molar-refractivity contribution >= 4 is 34.8 Å². The molecule has 0 amide bonds. The Hall–Kier alpha value is 0.750. The van der Waals surface area contributed by atoms with E-state index in [1.165, 1.54) is 71.0 Å². The molecule has 4 aliphatic rings. The molecule has 198 valence electrons. The van der Waals surface area contributed by atoms with Gasteiger partial charge in [0, 0.05) is 23.3 Å². The molecule has 6 atom stereocenters. The monoisotopic (exact) mass is 534 g/mol. The van der Waals surface area contributed by atoms with Gasteiger partial charge in [-0.25, -0.2) is 0 Å². The number of rotatable bonds is 10. The molecule has 6 unspecified atom stereocenters. The van der Waals surface area contributed by atoms with Crippen molar-refractivity contribution in [1.82, 2.24) is 10.2 Å². The first-order chi connectivity index (χ1) is 16.5. The topological polar surface area (TPSA) is 35.5 Å². The van der Waals surface area contributed by atoms with Gasteiger partial charge in [0.2, 0.25) is 0 Å². The molecule has 0 spiro atoms. The van der Waals surface area contributed by atoms with Crippen LogP contribution in [0.4, 0.5) is 0 Å². The number of nitrogens with one attached hydrogen (secondary N) is 1. The molecule has 2 N–H and O–H groups in total. The second kappa shape index (κ2) is 14.1. The van der Waals surface area contributed by atoms with E-state index < -0.39 is 6.23 Å². The summed E-state index contributed by atoms with van der Waals surface area (Å²) in [6.45, 7) is 3.72. The van der Waals surface area contributed by atoms with E-state index in [-0.39, 0.29) is 10.8 Å². The Morgan fingerprint density at radius 2 is 1.59 bits per heavy atom. The molecule has 0 aromatic carbocycles. The molecule has 4 fully saturated rings. The Bertz CT molecular complexity index is 582. The van der Waals surface area contributed by atoms with Crippen LogP contribution in [-0.4, -0.2) is 58.0 Å². The van der Waals surface area contributed by atoms with Gasteiger partial charge in [0.15, 0.2) is 0 Å². The summed E-state index contributed by atoms with van der Waals surface area (Å²) in [5.41, 5.74) is 0. The molecular formula is C28H49Cl3N2O. The standard InChI is InChI=1S/C28H49Cl3N2O/c29-24-7-9-25(10-8-24)32-28(34)18-23(22-6-11-26(30)27(31)17-22)13-15-33-14-12-21(19-33)16-20-4-2-1-3-5-20/h20-28,32,34H,1-19H2. The molecule has 1 heterocycles. The van der Waals surface area contributed by atoms with Crippen LogP contribution in [0.1, 0.15) is 103 Å². The van der Waals surface area contributed by atoms with Gasteiger partial charge in [0.05, 0.1) is 5.38 Å². The van der Waals surface area contributed by atoms with Crippen molar-refractivity contribution in [3.8, 4) is 0 Å². The summed E-state index contributed by atoms with van der Waals surface area (Å²) in [5, 5.41) is 15.0. The second-order valence-electron chi connectivity index (χ2n) is 12.2. The van der Waals surface area contributed by atoms with Crippen LogP contribution in [0.25, 0.3) is 0 Å². The second-order valence-corrected chi connectivity index (χ2v) is 14.0. The minimum Gasteiger partial charge on any atom is -0.379 e. The Morgan fingerprint density at radius 1 is 0.824 bits per heavy atom. The number of aliphatic hydroxyl groups excluding tert-OH is 1. The van der Waals surface area contributed by atoms with E-state index in [1.54, 1.807) is 0 Å². The van der Waals surface area contributed by atoms with E-state index in [2.05, 4.69) is 10.2 Å². The lowest BCUT2D eigenvalue weighted by atomic mass is 9.76. The fourth-order valence-electron chi connectivity index (χ4n) is 7.48. The molecule has 3 aliphatic carbocycles. The van der Waals surface area contributed by atoms with Crippen LogP contribution in [0, 0.1) is 23.7 Å². The third-order valence-corrected chi connectivity index (χ3v) is 11.2. The van der Waals surface area contributed by atoms with Crippen molar-refractivity contribution in [3.63, 3.8) is 0 Å². The number of aliphatic hydroxyl groups is 1. The van der Waals surface area contributed by atoms with Gasteiger partial charge < -0.3 is 10.0 Å². The molecule has 0 radical (unpaired) electrons. The fourth-order valence-corrected chi connectivity index (χ4v) is 8.32. The number of hydrogen-bond acceptors (Lipinski definition) is 3. The van der Waals surface area contributed by atoms with Crippen molar-refractivity contribution in [1.29, 1.82) is 0 Å². The first-order valence-electron chi connectivity index (χ1n) is 14.5. The van der Waals surface area contributed by atoms with Crippen molar-refractivity contribution in [2.45, 2.75) is 131 Å². The van der Waals surface area contributed by atoms with E-state index in [0.29, 0.717) is 23.3 Å². The molecule has 0 aromatic heterocycles. The number of hydrogen-bond donors (Lipinski definition) is 2. The van der Waals surface area contributed by atoms with Gasteiger partial charge in [0.25, 0.3) is 0 Å². The summed E-state index contributed by atoms with van der Waals surface area (Å²) in [6.07, 6.45) is 19.1. The van der Waals surface area contributed by atoms with E-state index in [9.17, 15) is 5.11 Å². The zero-order valence-corrected chi connectivity index (χ0v) is 23.4. The highest BCUT2D eigenvalue weighted by Gasteiger charge is 2.35. The molecule has 0 bridgehead atoms. The van der Waals surface area contributed by atoms with Gasteiger partial charge in [0.1, 0.15) is 6.23 Å². The van der Waals surface area contributed by atoms with E-state index in [0.717, 1.165) is 63.2 Å². The molecular weight excluding hydrogens is 487 g/mol. The average molecular weight is 536 g/mol. The quantitative estimate of drug-likeness (QED) is 0.230. The Labute approximate surface area is 224 Å². The van der Waals surface area contributed by atoms with Crippen LogP contribution < -0.4 is 5.32 Å². The molecule has 1 aliphatic heterocycles. The lowest BCUT2D eigenvalue weighted by molar-refractivity contribution is 0.0641. The van der Waals surface area contributed by atoms with Crippen LogP contribution in [0.3, 0.4) is 0 Å². The van der Waals surface area contributed by atoms with Crippen molar-refractivity contribution in [2.75, 3.05) is 19.6 Å². The SMILES string of the molecule is OC(CC(CCN1CCC(CC2CCCCC2)C1)C1CCC(Cl)C(Cl)C1)NC1CCC(Cl)CC1. The smallest absolute Gasteiger partial charge is 0.105 e. The molecule has 0 aromatic rings. The van der Waals surface area contributed by atoms with Gasteiger partial charge >= 0.3 is 0 Å². The van der Waals surface area contributed by atoms with Crippen LogP contribution in [-0.2, 0) is 0 Å². The minimum absolute atomic E-state index is 0.0682. The molecule has 3 saturated carbocycles. The van der Waals surface area contributed by atoms with Crippen molar-refractivity contribution in [2.24, 2.45) is 23.7 Å². The van der Waals surface area contributed by atoms with E-state index >= 15 is 0 Å². The maximum atomic E-state index is 11.0. The summed E-state index contributed by atoms with van der Waals surface area (Å²) in [6, 6.07) is 0.407. The van der Waals surface area contributed by atoms with Crippen LogP contribution in [0.2, 0.25) is 0 Å². The Balaban J connectivity index is 1.25. The highest BCUT2D eigenvalue weighted by atomic mass is 35.5. The molecule has 4 rings (SSSR count). The summed E-state index contributed by atoms with van der Waals surface area (Å²) in [5.74, 6) is 2.99. The maximum Gasteiger partial charge on any atom is 0.105 e. The van der Waals surface area contributed by atoms with Crippen LogP contribution >= 0.6 is 34.8 Å². The van der Waals surface area contributed by atoms with Crippen molar-refractivity contribution in [3.05, 3.63) is 0 Å². The molecule has 1 saturated heterocycles. The minimum atomic E-state index is -0.429. The van der Waals surface area contributed by atoms with Crippen LogP contribution in [0.15, 0.2) is 0 Å². The first-order valence-corrected chi connectivity index (χ1v) is 15.9. The number of likely N-dealkylation sites (tertiary alicyclic amines) is 1. The summed E-state index contributed by atoms with van der Waals surface area (Å²) >= 11 is 19.3. The summed E-state index contributed by atoms with van der Waals surface area (Å²) < 4.78 is 0. The zero-order chi connectivity index (χ0) is 23.9. The molecule has 3 nitrogen and oxygen atoms in total. The van der Waals surface area contributed by atoms with Gasteiger partial charge in [-0.1, -0.05) is 32.1 Å². The zero-order valence-electron chi connectivity index (χ0n) is 21.2. The first kappa shape index (κ1) is 27.8. The molecule has 6 heteroatoms. The van der Waals surface area contributed by atoms with E-state index in [4.69, 9.17) is 34.8 Å². The highest BCUT2D eigenvalue weighted by Crippen LogP contribution is 2.39. The van der Waals surface area contributed by atoms with Crippen molar-refractivity contribution < 1.29 is 5.11 Å².